The van der Waals surface area contributed by atoms with E-state index < -0.39 is 34.8 Å². The molecule has 7 heteroatoms. The zero-order valence-corrected chi connectivity index (χ0v) is 9.21. The summed E-state index contributed by atoms with van der Waals surface area (Å²) < 4.78 is 64.7. The van der Waals surface area contributed by atoms with Gasteiger partial charge in [-0.15, -0.1) is 5.06 Å². The third-order valence-corrected chi connectivity index (χ3v) is 2.20. The van der Waals surface area contributed by atoms with Crippen LogP contribution in [0.5, 0.6) is 5.75 Å². The summed E-state index contributed by atoms with van der Waals surface area (Å²) >= 11 is 0. The second kappa shape index (κ2) is 5.31. The van der Waals surface area contributed by atoms with Crippen LogP contribution in [0.25, 0.3) is 0 Å². The van der Waals surface area contributed by atoms with Gasteiger partial charge in [-0.2, -0.15) is 8.78 Å². The highest BCUT2D eigenvalue weighted by molar-refractivity contribution is 5.29. The molecule has 0 bridgehead atoms. The Hall–Kier alpha value is -1.37. The maximum absolute atomic E-state index is 13.2. The molecule has 2 nitrogen and oxygen atoms in total. The zero-order valence-electron chi connectivity index (χ0n) is 9.21. The highest BCUT2D eigenvalue weighted by Gasteiger charge is 2.29. The molecular weight excluding hydrogens is 245 g/mol. The average molecular weight is 256 g/mol. The molecule has 0 saturated carbocycles. The fourth-order valence-corrected chi connectivity index (χ4v) is 1.21. The lowest BCUT2D eigenvalue weighted by atomic mass is 10.3. The van der Waals surface area contributed by atoms with Gasteiger partial charge in [-0.1, -0.05) is 0 Å². The van der Waals surface area contributed by atoms with Crippen molar-refractivity contribution >= 4 is 0 Å². The Bertz CT molecular complexity index is 391. The molecule has 0 aliphatic carbocycles. The lowest BCUT2D eigenvalue weighted by molar-refractivity contribution is -1.06. The monoisotopic (exact) mass is 256 g/mol. The molecule has 96 valence electrons. The fourth-order valence-electron chi connectivity index (χ4n) is 1.21. The standard InChI is InChI=1S/C10H10F5NO/c1-3-16(4-2)17-10-8(14)6(12)5(11)7(13)9(10)15/h3-4H2,1-2H3/p+1. The molecule has 0 spiro atoms. The smallest absolute Gasteiger partial charge is 0.267 e. The van der Waals surface area contributed by atoms with Gasteiger partial charge < -0.3 is 4.84 Å². The summed E-state index contributed by atoms with van der Waals surface area (Å²) in [4.78, 5) is 4.71. The first-order valence-corrected chi connectivity index (χ1v) is 4.97. The van der Waals surface area contributed by atoms with Gasteiger partial charge in [-0.3, -0.25) is 0 Å². The molecule has 0 unspecified atom stereocenters. The van der Waals surface area contributed by atoms with Gasteiger partial charge in [-0.25, -0.2) is 13.2 Å². The maximum atomic E-state index is 13.2. The van der Waals surface area contributed by atoms with Gasteiger partial charge in [0.1, 0.15) is 13.1 Å². The van der Waals surface area contributed by atoms with Crippen molar-refractivity contribution in [2.75, 3.05) is 13.1 Å². The molecule has 0 heterocycles. The Morgan fingerprint density at radius 2 is 1.12 bits per heavy atom. The van der Waals surface area contributed by atoms with Crippen LogP contribution in [-0.4, -0.2) is 13.1 Å². The fraction of sp³-hybridized carbons (Fsp3) is 0.400. The number of nitrogens with one attached hydrogen (secondary N) is 1. The van der Waals surface area contributed by atoms with E-state index in [1.165, 1.54) is 0 Å². The number of hydroxylamine groups is 2. The van der Waals surface area contributed by atoms with E-state index in [2.05, 4.69) is 0 Å². The van der Waals surface area contributed by atoms with E-state index in [1.54, 1.807) is 13.8 Å². The van der Waals surface area contributed by atoms with E-state index in [4.69, 9.17) is 4.84 Å². The molecule has 1 rings (SSSR count). The summed E-state index contributed by atoms with van der Waals surface area (Å²) in [6.45, 7) is 3.92. The zero-order chi connectivity index (χ0) is 13.2. The molecule has 17 heavy (non-hydrogen) atoms. The van der Waals surface area contributed by atoms with Crippen LogP contribution in [-0.2, 0) is 0 Å². The Labute approximate surface area is 94.5 Å². The molecule has 0 aromatic heterocycles. The highest BCUT2D eigenvalue weighted by Crippen LogP contribution is 2.27. The van der Waals surface area contributed by atoms with Crippen molar-refractivity contribution in [1.82, 2.24) is 0 Å². The van der Waals surface area contributed by atoms with Gasteiger partial charge in [0.15, 0.2) is 0 Å². The number of rotatable bonds is 4. The molecule has 1 aromatic rings. The van der Waals surface area contributed by atoms with Crippen LogP contribution in [0, 0.1) is 29.1 Å². The summed E-state index contributed by atoms with van der Waals surface area (Å²) in [5.74, 6) is -11.4. The third-order valence-electron chi connectivity index (χ3n) is 2.20. The van der Waals surface area contributed by atoms with E-state index in [-0.39, 0.29) is 5.06 Å². The lowest BCUT2D eigenvalue weighted by Crippen LogP contribution is -3.13. The molecule has 0 fully saturated rings. The minimum absolute atomic E-state index is 0.230. The van der Waals surface area contributed by atoms with Crippen molar-refractivity contribution in [3.8, 4) is 5.75 Å². The number of halogens is 5. The largest absolute Gasteiger partial charge is 0.310 e. The van der Waals surface area contributed by atoms with Gasteiger partial charge in [-0.05, 0) is 13.8 Å². The quantitative estimate of drug-likeness (QED) is 0.374. The Kier molecular flexibility index (Phi) is 4.28. The van der Waals surface area contributed by atoms with E-state index in [0.717, 1.165) is 0 Å². The number of hydrogen-bond acceptors (Lipinski definition) is 1. The third kappa shape index (κ3) is 2.49. The minimum atomic E-state index is -2.19. The molecule has 0 aliphatic heterocycles. The highest BCUT2D eigenvalue weighted by atomic mass is 19.2. The van der Waals surface area contributed by atoms with E-state index >= 15 is 0 Å². The Morgan fingerprint density at radius 3 is 1.47 bits per heavy atom. The number of quaternary nitrogens is 1. The molecule has 0 radical (unpaired) electrons. The van der Waals surface area contributed by atoms with Crippen molar-refractivity contribution in [2.45, 2.75) is 13.8 Å². The topological polar surface area (TPSA) is 13.7 Å². The number of hydrogen-bond donors (Lipinski definition) is 1. The Morgan fingerprint density at radius 1 is 0.765 bits per heavy atom. The van der Waals surface area contributed by atoms with Crippen LogP contribution in [0.1, 0.15) is 13.8 Å². The summed E-state index contributed by atoms with van der Waals surface area (Å²) in [6.07, 6.45) is 0. The molecule has 0 atom stereocenters. The average Bonchev–Trinajstić information content (AvgIpc) is 2.34. The van der Waals surface area contributed by atoms with Crippen molar-refractivity contribution in [3.63, 3.8) is 0 Å². The van der Waals surface area contributed by atoms with E-state index in [1.807, 2.05) is 0 Å². The molecule has 1 aromatic carbocycles. The molecule has 0 aliphatic rings. The van der Waals surface area contributed by atoms with Crippen LogP contribution >= 0.6 is 0 Å². The predicted octanol–water partition coefficient (Wildman–Crippen LogP) is 1.60. The van der Waals surface area contributed by atoms with Crippen molar-refractivity contribution in [1.29, 1.82) is 0 Å². The summed E-state index contributed by atoms with van der Waals surface area (Å²) in [5.41, 5.74) is 0. The molecule has 0 saturated heterocycles. The van der Waals surface area contributed by atoms with Crippen molar-refractivity contribution < 1.29 is 31.9 Å². The van der Waals surface area contributed by atoms with Gasteiger partial charge >= 0.3 is 0 Å². The lowest BCUT2D eigenvalue weighted by Gasteiger charge is -2.15. The molecule has 0 amide bonds. The first-order valence-electron chi connectivity index (χ1n) is 4.97. The number of benzene rings is 1. The summed E-state index contributed by atoms with van der Waals surface area (Å²) in [7, 11) is 0. The normalized spacial score (nSPS) is 11.1. The Balaban J connectivity index is 3.24. The van der Waals surface area contributed by atoms with Gasteiger partial charge in [0, 0.05) is 0 Å². The minimum Gasteiger partial charge on any atom is -0.310 e. The molecular formula is C10H11F5NO+. The first kappa shape index (κ1) is 13.7. The van der Waals surface area contributed by atoms with E-state index in [9.17, 15) is 22.0 Å². The second-order valence-corrected chi connectivity index (χ2v) is 3.25. The molecule has 1 N–H and O–H groups in total. The summed E-state index contributed by atoms with van der Waals surface area (Å²) in [5, 5.41) is 0.230. The first-order chi connectivity index (χ1) is 7.93. The van der Waals surface area contributed by atoms with Gasteiger partial charge in [0.25, 0.3) is 5.75 Å². The van der Waals surface area contributed by atoms with Crippen LogP contribution in [0.15, 0.2) is 0 Å². The summed E-state index contributed by atoms with van der Waals surface area (Å²) in [6, 6.07) is 0. The van der Waals surface area contributed by atoms with Crippen molar-refractivity contribution in [2.24, 2.45) is 0 Å². The second-order valence-electron chi connectivity index (χ2n) is 3.25. The van der Waals surface area contributed by atoms with Crippen LogP contribution < -0.4 is 9.90 Å². The van der Waals surface area contributed by atoms with Gasteiger partial charge in [0.2, 0.25) is 29.1 Å². The van der Waals surface area contributed by atoms with Gasteiger partial charge in [0.05, 0.1) is 0 Å². The maximum Gasteiger partial charge on any atom is 0.267 e. The van der Waals surface area contributed by atoms with Crippen molar-refractivity contribution in [3.05, 3.63) is 29.1 Å². The van der Waals surface area contributed by atoms with Crippen LogP contribution in [0.4, 0.5) is 22.0 Å². The van der Waals surface area contributed by atoms with Crippen LogP contribution in [0.2, 0.25) is 0 Å². The van der Waals surface area contributed by atoms with Crippen LogP contribution in [0.3, 0.4) is 0 Å². The van der Waals surface area contributed by atoms with E-state index in [0.29, 0.717) is 13.1 Å². The SMILES string of the molecule is CC[NH+](CC)Oc1c(F)c(F)c(F)c(F)c1F. The predicted molar refractivity (Wildman–Crippen MR) is 48.9 cm³/mol.